The Morgan fingerprint density at radius 3 is 2.50 bits per heavy atom. The van der Waals surface area contributed by atoms with Crippen LogP contribution in [0.25, 0.3) is 6.08 Å². The number of carbonyl (C=O) groups is 1. The van der Waals surface area contributed by atoms with Crippen LogP contribution in [0.3, 0.4) is 0 Å². The lowest BCUT2D eigenvalue weighted by molar-refractivity contribution is 0.0697. The molecule has 0 aromatic heterocycles. The first kappa shape index (κ1) is 12.4. The standard InChI is InChI=1S/C10H10O5S/c1-2-7-5-8(10(11)12)3-4-9(7)6-16(13,14)15/h2-5H,1,6H2,(H,11,12)(H,13,14,15). The minimum absolute atomic E-state index is 0.0361. The first-order chi connectivity index (χ1) is 7.33. The van der Waals surface area contributed by atoms with Gasteiger partial charge in [-0.25, -0.2) is 4.79 Å². The Morgan fingerprint density at radius 2 is 2.06 bits per heavy atom. The Kier molecular flexibility index (Phi) is 3.46. The number of carboxylic acids is 1. The highest BCUT2D eigenvalue weighted by Gasteiger charge is 2.12. The molecule has 16 heavy (non-hydrogen) atoms. The maximum absolute atomic E-state index is 10.7. The topological polar surface area (TPSA) is 91.7 Å². The molecule has 6 heteroatoms. The van der Waals surface area contributed by atoms with Crippen molar-refractivity contribution in [1.82, 2.24) is 0 Å². The summed E-state index contributed by atoms with van der Waals surface area (Å²) in [4.78, 5) is 10.7. The van der Waals surface area contributed by atoms with Gasteiger partial charge in [0.05, 0.1) is 5.56 Å². The van der Waals surface area contributed by atoms with Crippen molar-refractivity contribution >= 4 is 22.2 Å². The SMILES string of the molecule is C=Cc1cc(C(=O)O)ccc1CS(=O)(=O)O. The molecule has 1 rings (SSSR count). The van der Waals surface area contributed by atoms with Crippen LogP contribution in [0.1, 0.15) is 21.5 Å². The second kappa shape index (κ2) is 4.46. The molecular weight excluding hydrogens is 232 g/mol. The van der Waals surface area contributed by atoms with E-state index >= 15 is 0 Å². The summed E-state index contributed by atoms with van der Waals surface area (Å²) in [5, 5.41) is 8.73. The fraction of sp³-hybridized carbons (Fsp3) is 0.100. The lowest BCUT2D eigenvalue weighted by Gasteiger charge is -2.05. The Hall–Kier alpha value is -1.66. The van der Waals surface area contributed by atoms with Crippen LogP contribution in [0.15, 0.2) is 24.8 Å². The largest absolute Gasteiger partial charge is 0.478 e. The summed E-state index contributed by atoms with van der Waals surface area (Å²) >= 11 is 0. The van der Waals surface area contributed by atoms with Gasteiger partial charge in [-0.15, -0.1) is 0 Å². The smallest absolute Gasteiger partial charge is 0.335 e. The van der Waals surface area contributed by atoms with Crippen molar-refractivity contribution in [2.45, 2.75) is 5.75 Å². The third kappa shape index (κ3) is 3.18. The molecule has 0 aliphatic rings. The minimum atomic E-state index is -4.14. The van der Waals surface area contributed by atoms with E-state index in [1.165, 1.54) is 24.3 Å². The van der Waals surface area contributed by atoms with Crippen LogP contribution in [0.2, 0.25) is 0 Å². The van der Waals surface area contributed by atoms with E-state index in [2.05, 4.69) is 6.58 Å². The summed E-state index contributed by atoms with van der Waals surface area (Å²) in [6.07, 6.45) is 1.34. The van der Waals surface area contributed by atoms with Crippen LogP contribution >= 0.6 is 0 Å². The molecule has 0 saturated carbocycles. The molecule has 0 spiro atoms. The van der Waals surface area contributed by atoms with Crippen molar-refractivity contribution in [3.63, 3.8) is 0 Å². The zero-order valence-corrected chi connectivity index (χ0v) is 9.07. The number of benzene rings is 1. The Morgan fingerprint density at radius 1 is 1.44 bits per heavy atom. The second-order valence-electron chi connectivity index (χ2n) is 3.15. The van der Waals surface area contributed by atoms with Gasteiger partial charge in [-0.3, -0.25) is 4.55 Å². The highest BCUT2D eigenvalue weighted by molar-refractivity contribution is 7.85. The zero-order valence-electron chi connectivity index (χ0n) is 8.25. The quantitative estimate of drug-likeness (QED) is 0.779. The number of aromatic carboxylic acids is 1. The zero-order chi connectivity index (χ0) is 12.3. The Bertz CT molecular complexity index is 530. The number of rotatable bonds is 4. The molecule has 2 N–H and O–H groups in total. The van der Waals surface area contributed by atoms with Crippen LogP contribution < -0.4 is 0 Å². The molecule has 5 nitrogen and oxygen atoms in total. The number of hydrogen-bond donors (Lipinski definition) is 2. The molecule has 0 fully saturated rings. The minimum Gasteiger partial charge on any atom is -0.478 e. The van der Waals surface area contributed by atoms with Crippen molar-refractivity contribution in [3.05, 3.63) is 41.5 Å². The predicted octanol–water partition coefficient (Wildman–Crippen LogP) is 1.42. The van der Waals surface area contributed by atoms with E-state index in [9.17, 15) is 13.2 Å². The monoisotopic (exact) mass is 242 g/mol. The molecular formula is C10H10O5S. The third-order valence-electron chi connectivity index (χ3n) is 1.95. The molecule has 0 atom stereocenters. The van der Waals surface area contributed by atoms with Crippen molar-refractivity contribution in [2.75, 3.05) is 0 Å². The van der Waals surface area contributed by atoms with E-state index in [1.807, 2.05) is 0 Å². The van der Waals surface area contributed by atoms with Gasteiger partial charge in [-0.05, 0) is 23.3 Å². The summed E-state index contributed by atoms with van der Waals surface area (Å²) in [7, 11) is -4.14. The summed E-state index contributed by atoms with van der Waals surface area (Å²) in [5.41, 5.74) is 0.717. The normalized spacial score (nSPS) is 11.1. The lowest BCUT2D eigenvalue weighted by Crippen LogP contribution is -2.05. The molecule has 0 bridgehead atoms. The van der Waals surface area contributed by atoms with Gasteiger partial charge in [-0.1, -0.05) is 18.7 Å². The van der Waals surface area contributed by atoms with Gasteiger partial charge in [0.25, 0.3) is 10.1 Å². The maximum atomic E-state index is 10.7. The van der Waals surface area contributed by atoms with Crippen LogP contribution in [0, 0.1) is 0 Å². The van der Waals surface area contributed by atoms with Crippen LogP contribution in [0.4, 0.5) is 0 Å². The Balaban J connectivity index is 3.22. The molecule has 1 aromatic rings. The second-order valence-corrected chi connectivity index (χ2v) is 4.60. The molecule has 0 aliphatic carbocycles. The van der Waals surface area contributed by atoms with E-state index in [4.69, 9.17) is 9.66 Å². The van der Waals surface area contributed by atoms with Gasteiger partial charge >= 0.3 is 5.97 Å². The molecule has 0 radical (unpaired) electrons. The van der Waals surface area contributed by atoms with E-state index in [0.717, 1.165) is 0 Å². The predicted molar refractivity (Wildman–Crippen MR) is 58.7 cm³/mol. The van der Waals surface area contributed by atoms with Crippen molar-refractivity contribution < 1.29 is 22.9 Å². The van der Waals surface area contributed by atoms with E-state index in [-0.39, 0.29) is 5.56 Å². The molecule has 86 valence electrons. The molecule has 0 unspecified atom stereocenters. The summed E-state index contributed by atoms with van der Waals surface area (Å²) in [6, 6.07) is 3.92. The van der Waals surface area contributed by atoms with E-state index < -0.39 is 21.8 Å². The molecule has 0 heterocycles. The van der Waals surface area contributed by atoms with E-state index in [1.54, 1.807) is 0 Å². The summed E-state index contributed by atoms with van der Waals surface area (Å²) < 4.78 is 30.1. The molecule has 0 amide bonds. The Labute approximate surface area is 92.8 Å². The van der Waals surface area contributed by atoms with Gasteiger partial charge in [0.2, 0.25) is 0 Å². The summed E-state index contributed by atoms with van der Waals surface area (Å²) in [5.74, 6) is -1.67. The first-order valence-electron chi connectivity index (χ1n) is 4.27. The average molecular weight is 242 g/mol. The van der Waals surface area contributed by atoms with E-state index in [0.29, 0.717) is 11.1 Å². The van der Waals surface area contributed by atoms with Crippen LogP contribution in [-0.2, 0) is 15.9 Å². The fourth-order valence-corrected chi connectivity index (χ4v) is 1.90. The summed E-state index contributed by atoms with van der Waals surface area (Å²) in [6.45, 7) is 3.45. The third-order valence-corrected chi connectivity index (χ3v) is 2.63. The number of hydrogen-bond acceptors (Lipinski definition) is 3. The highest BCUT2D eigenvalue weighted by Crippen LogP contribution is 2.16. The van der Waals surface area contributed by atoms with Crippen LogP contribution in [0.5, 0.6) is 0 Å². The maximum Gasteiger partial charge on any atom is 0.335 e. The highest BCUT2D eigenvalue weighted by atomic mass is 32.2. The van der Waals surface area contributed by atoms with Crippen molar-refractivity contribution in [1.29, 1.82) is 0 Å². The fourth-order valence-electron chi connectivity index (χ4n) is 1.25. The van der Waals surface area contributed by atoms with Gasteiger partial charge in [-0.2, -0.15) is 8.42 Å². The molecule has 1 aromatic carbocycles. The molecule has 0 aliphatic heterocycles. The van der Waals surface area contributed by atoms with Gasteiger partial charge in [0.1, 0.15) is 5.75 Å². The molecule has 0 saturated heterocycles. The lowest BCUT2D eigenvalue weighted by atomic mass is 10.1. The number of carboxylic acid groups (broad SMARTS) is 1. The average Bonchev–Trinajstić information content (AvgIpc) is 2.15. The van der Waals surface area contributed by atoms with Crippen molar-refractivity contribution in [2.24, 2.45) is 0 Å². The van der Waals surface area contributed by atoms with Gasteiger partial charge in [0, 0.05) is 0 Å². The van der Waals surface area contributed by atoms with Crippen molar-refractivity contribution in [3.8, 4) is 0 Å². The van der Waals surface area contributed by atoms with Gasteiger partial charge in [0.15, 0.2) is 0 Å². The van der Waals surface area contributed by atoms with Crippen LogP contribution in [-0.4, -0.2) is 24.0 Å². The first-order valence-corrected chi connectivity index (χ1v) is 5.88. The van der Waals surface area contributed by atoms with Gasteiger partial charge < -0.3 is 5.11 Å².